The maximum Gasteiger partial charge on any atom is 0.238 e. The van der Waals surface area contributed by atoms with Gasteiger partial charge < -0.3 is 10.6 Å². The van der Waals surface area contributed by atoms with Gasteiger partial charge in [0.1, 0.15) is 12.7 Å². The lowest BCUT2D eigenvalue weighted by Gasteiger charge is -2.05. The van der Waals surface area contributed by atoms with Crippen molar-refractivity contribution < 1.29 is 4.79 Å². The molecule has 0 fully saturated rings. The molecule has 0 aliphatic rings. The summed E-state index contributed by atoms with van der Waals surface area (Å²) in [6.45, 7) is 0.269. The van der Waals surface area contributed by atoms with Gasteiger partial charge in [0.2, 0.25) is 5.91 Å². The number of aromatic nitrogens is 4. The van der Waals surface area contributed by atoms with Gasteiger partial charge in [0, 0.05) is 0 Å². The number of hydrogen-bond acceptors (Lipinski definition) is 5. The minimum absolute atomic E-state index is 0.109. The van der Waals surface area contributed by atoms with Crippen LogP contribution in [0.15, 0.2) is 31.0 Å². The molecule has 2 aromatic rings. The van der Waals surface area contributed by atoms with E-state index in [2.05, 4.69) is 25.7 Å². The van der Waals surface area contributed by atoms with Crippen molar-refractivity contribution in [3.8, 4) is 5.82 Å². The fourth-order valence-electron chi connectivity index (χ4n) is 1.29. The first-order valence-electron chi connectivity index (χ1n) is 5.05. The third kappa shape index (κ3) is 2.85. The quantitative estimate of drug-likeness (QED) is 0.764. The summed E-state index contributed by atoms with van der Waals surface area (Å²) in [4.78, 5) is 19.3. The molecular weight excluding hydrogens is 220 g/mol. The van der Waals surface area contributed by atoms with E-state index in [4.69, 9.17) is 0 Å². The number of nitrogens with one attached hydrogen (secondary N) is 2. The van der Waals surface area contributed by atoms with Crippen molar-refractivity contribution in [2.24, 2.45) is 0 Å². The lowest BCUT2D eigenvalue weighted by Crippen LogP contribution is -2.25. The maximum absolute atomic E-state index is 11.3. The molecule has 0 saturated heterocycles. The zero-order valence-corrected chi connectivity index (χ0v) is 9.29. The van der Waals surface area contributed by atoms with E-state index in [-0.39, 0.29) is 12.5 Å². The van der Waals surface area contributed by atoms with Crippen molar-refractivity contribution in [1.29, 1.82) is 0 Å². The fraction of sp³-hybridized carbons (Fsp3) is 0.200. The molecule has 0 aliphatic carbocycles. The Morgan fingerprint density at radius 3 is 2.94 bits per heavy atom. The van der Waals surface area contributed by atoms with Crippen LogP contribution in [-0.2, 0) is 4.79 Å². The summed E-state index contributed by atoms with van der Waals surface area (Å²) >= 11 is 0. The summed E-state index contributed by atoms with van der Waals surface area (Å²) in [6, 6.07) is 3.52. The third-order valence-corrected chi connectivity index (χ3v) is 2.02. The second-order valence-corrected chi connectivity index (χ2v) is 3.32. The molecule has 7 nitrogen and oxygen atoms in total. The van der Waals surface area contributed by atoms with Gasteiger partial charge in [0.05, 0.1) is 18.4 Å². The molecule has 0 aromatic carbocycles. The first kappa shape index (κ1) is 11.2. The topological polar surface area (TPSA) is 84.7 Å². The van der Waals surface area contributed by atoms with Crippen molar-refractivity contribution in [2.45, 2.75) is 0 Å². The van der Waals surface area contributed by atoms with Gasteiger partial charge in [-0.3, -0.25) is 4.79 Å². The monoisotopic (exact) mass is 232 g/mol. The molecule has 2 rings (SSSR count). The van der Waals surface area contributed by atoms with E-state index in [0.717, 1.165) is 0 Å². The average molecular weight is 232 g/mol. The van der Waals surface area contributed by atoms with E-state index in [1.165, 1.54) is 6.33 Å². The molecule has 1 amide bonds. The molecule has 0 unspecified atom stereocenters. The smallest absolute Gasteiger partial charge is 0.238 e. The number of pyridine rings is 1. The van der Waals surface area contributed by atoms with Gasteiger partial charge in [-0.05, 0) is 19.2 Å². The molecule has 0 radical (unpaired) electrons. The van der Waals surface area contributed by atoms with E-state index in [9.17, 15) is 4.79 Å². The maximum atomic E-state index is 11.3. The Morgan fingerprint density at radius 2 is 2.35 bits per heavy atom. The van der Waals surface area contributed by atoms with Crippen LogP contribution in [0, 0.1) is 0 Å². The largest absolute Gasteiger partial charge is 0.324 e. The fourth-order valence-corrected chi connectivity index (χ4v) is 1.29. The second kappa shape index (κ2) is 5.17. The molecule has 0 bridgehead atoms. The van der Waals surface area contributed by atoms with E-state index in [1.807, 2.05) is 0 Å². The Kier molecular flexibility index (Phi) is 3.41. The van der Waals surface area contributed by atoms with Gasteiger partial charge in [-0.2, -0.15) is 5.10 Å². The number of rotatable bonds is 4. The van der Waals surface area contributed by atoms with Gasteiger partial charge in [-0.25, -0.2) is 14.6 Å². The number of nitrogens with zero attached hydrogens (tertiary/aromatic N) is 4. The van der Waals surface area contributed by atoms with E-state index in [1.54, 1.807) is 36.4 Å². The Balaban J connectivity index is 2.06. The zero-order valence-electron chi connectivity index (χ0n) is 9.29. The molecule has 2 heterocycles. The number of carbonyl (C=O) groups is 1. The second-order valence-electron chi connectivity index (χ2n) is 3.32. The van der Waals surface area contributed by atoms with Crippen molar-refractivity contribution in [3.05, 3.63) is 31.0 Å². The van der Waals surface area contributed by atoms with Crippen LogP contribution < -0.4 is 10.6 Å². The van der Waals surface area contributed by atoms with Crippen LogP contribution in [0.4, 0.5) is 5.69 Å². The number of amides is 1. The Bertz CT molecular complexity index is 478. The standard InChI is InChI=1S/C10H12N6O/c1-11-5-10(17)15-8-2-3-9(13-4-8)16-7-12-6-14-16/h2-4,6-7,11H,5H2,1H3,(H,15,17). The predicted molar refractivity (Wildman–Crippen MR) is 61.7 cm³/mol. The Labute approximate surface area is 97.9 Å². The van der Waals surface area contributed by atoms with Gasteiger partial charge in [0.25, 0.3) is 0 Å². The summed E-state index contributed by atoms with van der Waals surface area (Å²) in [5.74, 6) is 0.539. The summed E-state index contributed by atoms with van der Waals surface area (Å²) in [6.07, 6.45) is 4.57. The first-order valence-corrected chi connectivity index (χ1v) is 5.05. The van der Waals surface area contributed by atoms with Crippen molar-refractivity contribution in [1.82, 2.24) is 25.1 Å². The first-order chi connectivity index (χ1) is 8.29. The minimum atomic E-state index is -0.109. The summed E-state index contributed by atoms with van der Waals surface area (Å²) in [5, 5.41) is 9.42. The SMILES string of the molecule is CNCC(=O)Nc1ccc(-n2cncn2)nc1. The molecule has 2 aromatic heterocycles. The van der Waals surface area contributed by atoms with E-state index >= 15 is 0 Å². The predicted octanol–water partition coefficient (Wildman–Crippen LogP) is -0.180. The third-order valence-electron chi connectivity index (χ3n) is 2.02. The summed E-state index contributed by atoms with van der Waals surface area (Å²) in [7, 11) is 1.71. The van der Waals surface area contributed by atoms with Crippen LogP contribution in [0.1, 0.15) is 0 Å². The van der Waals surface area contributed by atoms with E-state index < -0.39 is 0 Å². The van der Waals surface area contributed by atoms with Crippen LogP contribution in [-0.4, -0.2) is 39.2 Å². The summed E-state index contributed by atoms with van der Waals surface area (Å²) in [5.41, 5.74) is 0.647. The van der Waals surface area contributed by atoms with Crippen molar-refractivity contribution >= 4 is 11.6 Å². The normalized spacial score (nSPS) is 10.2. The molecule has 2 N–H and O–H groups in total. The highest BCUT2D eigenvalue weighted by Gasteiger charge is 2.02. The number of anilines is 1. The number of likely N-dealkylation sites (N-methyl/N-ethyl adjacent to an activating group) is 1. The molecule has 0 saturated carbocycles. The van der Waals surface area contributed by atoms with Crippen LogP contribution in [0.3, 0.4) is 0 Å². The van der Waals surface area contributed by atoms with Gasteiger partial charge in [-0.15, -0.1) is 0 Å². The highest BCUT2D eigenvalue weighted by atomic mass is 16.1. The molecule has 7 heteroatoms. The van der Waals surface area contributed by atoms with Crippen LogP contribution >= 0.6 is 0 Å². The van der Waals surface area contributed by atoms with Crippen molar-refractivity contribution in [3.63, 3.8) is 0 Å². The van der Waals surface area contributed by atoms with Crippen LogP contribution in [0.5, 0.6) is 0 Å². The lowest BCUT2D eigenvalue weighted by atomic mass is 10.4. The zero-order chi connectivity index (χ0) is 12.1. The van der Waals surface area contributed by atoms with Crippen molar-refractivity contribution in [2.75, 3.05) is 18.9 Å². The van der Waals surface area contributed by atoms with Gasteiger partial charge in [-0.1, -0.05) is 0 Å². The average Bonchev–Trinajstić information content (AvgIpc) is 2.84. The summed E-state index contributed by atoms with van der Waals surface area (Å²) < 4.78 is 1.54. The Hall–Kier alpha value is -2.28. The molecule has 0 atom stereocenters. The molecule has 0 spiro atoms. The van der Waals surface area contributed by atoms with Gasteiger partial charge >= 0.3 is 0 Å². The number of carbonyl (C=O) groups excluding carboxylic acids is 1. The lowest BCUT2D eigenvalue weighted by molar-refractivity contribution is -0.115. The highest BCUT2D eigenvalue weighted by molar-refractivity contribution is 5.92. The molecule has 17 heavy (non-hydrogen) atoms. The van der Waals surface area contributed by atoms with Crippen LogP contribution in [0.25, 0.3) is 5.82 Å². The minimum Gasteiger partial charge on any atom is -0.324 e. The molecular formula is C10H12N6O. The van der Waals surface area contributed by atoms with E-state index in [0.29, 0.717) is 11.5 Å². The molecule has 0 aliphatic heterocycles. The highest BCUT2D eigenvalue weighted by Crippen LogP contribution is 2.08. The van der Waals surface area contributed by atoms with Crippen LogP contribution in [0.2, 0.25) is 0 Å². The number of hydrogen-bond donors (Lipinski definition) is 2. The molecule has 88 valence electrons. The Morgan fingerprint density at radius 1 is 1.47 bits per heavy atom. The van der Waals surface area contributed by atoms with Gasteiger partial charge in [0.15, 0.2) is 5.82 Å².